The minimum atomic E-state index is 0. The van der Waals surface area contributed by atoms with Gasteiger partial charge in [0, 0.05) is 50.6 Å². The molecule has 0 atom stereocenters. The molecule has 0 aliphatic heterocycles. The minimum absolute atomic E-state index is 0. The van der Waals surface area contributed by atoms with E-state index in [1.807, 2.05) is 12.2 Å². The fourth-order valence-corrected chi connectivity index (χ4v) is 8.79. The first-order chi connectivity index (χ1) is 30.7. The van der Waals surface area contributed by atoms with E-state index in [0.29, 0.717) is 0 Å². The van der Waals surface area contributed by atoms with Gasteiger partial charge in [-0.2, -0.15) is 0 Å². The molecular formula is C60H49N3. The molecule has 3 nitrogen and oxygen atoms in total. The summed E-state index contributed by atoms with van der Waals surface area (Å²) >= 11 is 0. The van der Waals surface area contributed by atoms with Gasteiger partial charge in [0.2, 0.25) is 0 Å². The largest absolute Gasteiger partial charge is 0.310 e. The smallest absolute Gasteiger partial charge is 0.0561 e. The van der Waals surface area contributed by atoms with E-state index in [1.54, 1.807) is 0 Å². The number of fused-ring (bicyclic) bond motifs is 6. The van der Waals surface area contributed by atoms with Gasteiger partial charge < -0.3 is 14.4 Å². The lowest BCUT2D eigenvalue weighted by Gasteiger charge is -2.26. The molecule has 11 rings (SSSR count). The van der Waals surface area contributed by atoms with Crippen molar-refractivity contribution in [3.8, 4) is 16.8 Å². The summed E-state index contributed by atoms with van der Waals surface area (Å²) in [5.41, 5.74) is 18.2. The summed E-state index contributed by atoms with van der Waals surface area (Å²) in [6.07, 6.45) is 4.75. The molecule has 0 unspecified atom stereocenters. The zero-order valence-corrected chi connectivity index (χ0v) is 34.5. The third-order valence-electron chi connectivity index (χ3n) is 11.8. The molecule has 0 bridgehead atoms. The molecular weight excluding hydrogens is 763 g/mol. The van der Waals surface area contributed by atoms with E-state index in [4.69, 9.17) is 0 Å². The third-order valence-corrected chi connectivity index (χ3v) is 11.8. The normalized spacial score (nSPS) is 11.1. The van der Waals surface area contributed by atoms with Crippen LogP contribution < -0.4 is 9.80 Å². The van der Waals surface area contributed by atoms with E-state index in [9.17, 15) is 0 Å². The lowest BCUT2D eigenvalue weighted by Crippen LogP contribution is -2.10. The molecule has 0 spiro atoms. The number of anilines is 6. The Morgan fingerprint density at radius 1 is 0.365 bits per heavy atom. The van der Waals surface area contributed by atoms with Crippen LogP contribution in [0.4, 0.5) is 34.1 Å². The number of rotatable bonds is 9. The number of aromatic nitrogens is 1. The van der Waals surface area contributed by atoms with Crippen molar-refractivity contribution in [3.63, 3.8) is 0 Å². The fraction of sp³-hybridized carbons (Fsp3) is 0.0333. The van der Waals surface area contributed by atoms with Crippen LogP contribution in [0.15, 0.2) is 238 Å². The monoisotopic (exact) mass is 811 g/mol. The molecule has 1 heterocycles. The number of hydrogen-bond acceptors (Lipinski definition) is 2. The number of benzene rings is 9. The van der Waals surface area contributed by atoms with Gasteiger partial charge in [-0.1, -0.05) is 166 Å². The Morgan fingerprint density at radius 2 is 0.810 bits per heavy atom. The molecule has 0 saturated heterocycles. The quantitative estimate of drug-likeness (QED) is 0.144. The molecule has 0 saturated carbocycles. The first-order valence-corrected chi connectivity index (χ1v) is 21.1. The van der Waals surface area contributed by atoms with Crippen molar-refractivity contribution < 1.29 is 0 Å². The van der Waals surface area contributed by atoms with Gasteiger partial charge in [0.25, 0.3) is 0 Å². The van der Waals surface area contributed by atoms with Gasteiger partial charge in [-0.3, -0.25) is 0 Å². The topological polar surface area (TPSA) is 11.4 Å². The highest BCUT2D eigenvalue weighted by Crippen LogP contribution is 2.43. The maximum Gasteiger partial charge on any atom is 0.0561 e. The van der Waals surface area contributed by atoms with E-state index in [1.165, 1.54) is 49.7 Å². The van der Waals surface area contributed by atoms with E-state index < -0.39 is 0 Å². The zero-order valence-electron chi connectivity index (χ0n) is 34.5. The summed E-state index contributed by atoms with van der Waals surface area (Å²) in [6.45, 7) is 7.77. The van der Waals surface area contributed by atoms with Crippen LogP contribution in [0.3, 0.4) is 0 Å². The van der Waals surface area contributed by atoms with Crippen molar-refractivity contribution in [3.05, 3.63) is 260 Å². The summed E-state index contributed by atoms with van der Waals surface area (Å²) < 4.78 is 2.36. The zero-order chi connectivity index (χ0) is 41.8. The molecule has 1 aliphatic rings. The molecule has 0 fully saturated rings. The summed E-state index contributed by atoms with van der Waals surface area (Å²) in [6, 6.07) is 79.7. The van der Waals surface area contributed by atoms with Crippen molar-refractivity contribution in [2.24, 2.45) is 0 Å². The SMILES string of the molecule is C.C=Cc1ccc(N(c2ccccc2)c2ccc3c(c2)Cc2ccccc2-3)cc1.C=Cc1ccc(N(c2ccccc2)c2ccc3c4ccccc4n(-c4ccccc4)c3c2)cc1. The maximum atomic E-state index is 3.90. The maximum absolute atomic E-state index is 3.90. The van der Waals surface area contributed by atoms with Crippen molar-refractivity contribution in [2.45, 2.75) is 13.8 Å². The Morgan fingerprint density at radius 3 is 1.41 bits per heavy atom. The molecule has 1 aliphatic carbocycles. The van der Waals surface area contributed by atoms with Crippen LogP contribution in [-0.4, -0.2) is 4.57 Å². The van der Waals surface area contributed by atoms with Crippen LogP contribution >= 0.6 is 0 Å². The molecule has 0 N–H and O–H groups in total. The van der Waals surface area contributed by atoms with E-state index >= 15 is 0 Å². The summed E-state index contributed by atoms with van der Waals surface area (Å²) in [7, 11) is 0. The molecule has 9 aromatic carbocycles. The second-order valence-corrected chi connectivity index (χ2v) is 15.5. The van der Waals surface area contributed by atoms with Gasteiger partial charge in [0.1, 0.15) is 0 Å². The average Bonchev–Trinajstić information content (AvgIpc) is 3.88. The van der Waals surface area contributed by atoms with Crippen LogP contribution in [0.1, 0.15) is 29.7 Å². The minimum Gasteiger partial charge on any atom is -0.310 e. The second kappa shape index (κ2) is 17.8. The van der Waals surface area contributed by atoms with Crippen LogP contribution in [0, 0.1) is 0 Å². The predicted octanol–water partition coefficient (Wildman–Crippen LogP) is 16.9. The molecule has 0 amide bonds. The average molecular weight is 812 g/mol. The van der Waals surface area contributed by atoms with Gasteiger partial charge >= 0.3 is 0 Å². The number of nitrogens with zero attached hydrogens (tertiary/aromatic N) is 3. The van der Waals surface area contributed by atoms with Gasteiger partial charge in [-0.25, -0.2) is 0 Å². The number of para-hydroxylation sites is 4. The van der Waals surface area contributed by atoms with Crippen LogP contribution in [-0.2, 0) is 6.42 Å². The molecule has 304 valence electrons. The fourth-order valence-electron chi connectivity index (χ4n) is 8.79. The second-order valence-electron chi connectivity index (χ2n) is 15.5. The van der Waals surface area contributed by atoms with Crippen LogP contribution in [0.25, 0.3) is 50.8 Å². The highest BCUT2D eigenvalue weighted by Gasteiger charge is 2.21. The third kappa shape index (κ3) is 7.85. The number of hydrogen-bond donors (Lipinski definition) is 0. The van der Waals surface area contributed by atoms with Gasteiger partial charge in [-0.15, -0.1) is 0 Å². The summed E-state index contributed by atoms with van der Waals surface area (Å²) in [4.78, 5) is 4.62. The van der Waals surface area contributed by atoms with Crippen LogP contribution in [0.2, 0.25) is 0 Å². The standard InChI is InChI=1S/C32H24N2.C27H21N.CH4/c1-2-24-17-19-27(20-18-24)33(25-11-5-3-6-12-25)28-21-22-30-29-15-9-10-16-31(29)34(32(30)23-28)26-13-7-4-8-14-26;1-2-20-12-14-24(15-13-20)28(23-9-4-3-5-10-23)25-16-17-27-22(19-25)18-21-8-6-7-11-26(21)27;/h2-23H,1H2;2-17,19H,1,18H2;1H4. The molecule has 3 heteroatoms. The van der Waals surface area contributed by atoms with Crippen molar-refractivity contribution in [1.82, 2.24) is 4.57 Å². The Kier molecular flexibility index (Phi) is 11.4. The molecule has 10 aromatic rings. The summed E-state index contributed by atoms with van der Waals surface area (Å²) in [5.74, 6) is 0. The first-order valence-electron chi connectivity index (χ1n) is 21.1. The Hall–Kier alpha value is -8.14. The highest BCUT2D eigenvalue weighted by atomic mass is 15.1. The molecule has 63 heavy (non-hydrogen) atoms. The Labute approximate surface area is 371 Å². The highest BCUT2D eigenvalue weighted by molar-refractivity contribution is 6.10. The van der Waals surface area contributed by atoms with Gasteiger partial charge in [0.05, 0.1) is 11.0 Å². The Bertz CT molecular complexity index is 3170. The van der Waals surface area contributed by atoms with E-state index in [0.717, 1.165) is 51.7 Å². The lowest BCUT2D eigenvalue weighted by molar-refractivity contribution is 1.18. The lowest BCUT2D eigenvalue weighted by atomic mass is 10.0. The predicted molar refractivity (Wildman–Crippen MR) is 272 cm³/mol. The van der Waals surface area contributed by atoms with Crippen molar-refractivity contribution in [2.75, 3.05) is 9.80 Å². The summed E-state index contributed by atoms with van der Waals surface area (Å²) in [5, 5.41) is 2.51. The van der Waals surface area contributed by atoms with Gasteiger partial charge in [-0.05, 0) is 131 Å². The molecule has 0 radical (unpaired) electrons. The van der Waals surface area contributed by atoms with Crippen LogP contribution in [0.5, 0.6) is 0 Å². The van der Waals surface area contributed by atoms with Crippen molar-refractivity contribution in [1.29, 1.82) is 0 Å². The first kappa shape index (κ1) is 40.3. The van der Waals surface area contributed by atoms with E-state index in [-0.39, 0.29) is 7.43 Å². The molecule has 1 aromatic heterocycles. The van der Waals surface area contributed by atoms with Crippen molar-refractivity contribution >= 4 is 68.1 Å². The Balaban J connectivity index is 0.000000160. The van der Waals surface area contributed by atoms with E-state index in [2.05, 4.69) is 252 Å². The van der Waals surface area contributed by atoms with Gasteiger partial charge in [0.15, 0.2) is 0 Å².